The van der Waals surface area contributed by atoms with Crippen LogP contribution in [-0.2, 0) is 19.3 Å². The maximum atomic E-state index is 4.68. The number of hydrogen-bond donors (Lipinski definition) is 2. The molecule has 0 atom stereocenters. The Morgan fingerprint density at radius 3 is 2.67 bits per heavy atom. The normalized spacial score (nSPS) is 12.1. The number of imidazole rings is 1. The molecule has 0 radical (unpaired) electrons. The Kier molecular flexibility index (Phi) is 8.02. The molecule has 30 heavy (non-hydrogen) atoms. The van der Waals surface area contributed by atoms with Crippen LogP contribution in [-0.4, -0.2) is 39.2 Å². The van der Waals surface area contributed by atoms with Gasteiger partial charge in [-0.2, -0.15) is 0 Å². The van der Waals surface area contributed by atoms with Crippen molar-refractivity contribution in [1.82, 2.24) is 25.3 Å². The molecule has 0 aliphatic heterocycles. The lowest BCUT2D eigenvalue weighted by molar-refractivity contribution is 0.981. The number of guanidine groups is 1. The molecule has 3 aromatic heterocycles. The van der Waals surface area contributed by atoms with Crippen LogP contribution in [0.5, 0.6) is 0 Å². The predicted octanol–water partition coefficient (Wildman–Crippen LogP) is 3.76. The lowest BCUT2D eigenvalue weighted by atomic mass is 10.2. The smallest absolute Gasteiger partial charge is 0.221 e. The molecule has 0 fully saturated rings. The standard InChI is InChI=1S/C23H27N7/c1-3-19-20(30-22(29-19)21-12-5-7-15-26-21)13-9-17-28-23(24-2)27-16-8-11-18-10-4-6-14-25-18/h4-7,9-10,12,14-17H,3,8,11,13H2,1-2H3,(H,24,28)(H,29,30)/b17-9+,27-16?. The van der Waals surface area contributed by atoms with Crippen LogP contribution >= 0.6 is 0 Å². The van der Waals surface area contributed by atoms with Gasteiger partial charge in [-0.15, -0.1) is 0 Å². The van der Waals surface area contributed by atoms with Crippen molar-refractivity contribution in [2.45, 2.75) is 32.6 Å². The number of pyridine rings is 2. The van der Waals surface area contributed by atoms with E-state index in [-0.39, 0.29) is 0 Å². The van der Waals surface area contributed by atoms with E-state index in [1.165, 1.54) is 0 Å². The minimum absolute atomic E-state index is 0.571. The van der Waals surface area contributed by atoms with E-state index >= 15 is 0 Å². The van der Waals surface area contributed by atoms with Gasteiger partial charge in [-0.3, -0.25) is 15.0 Å². The quantitative estimate of drug-likeness (QED) is 0.444. The number of H-pyrrole nitrogens is 1. The van der Waals surface area contributed by atoms with Crippen LogP contribution in [0.2, 0.25) is 0 Å². The lowest BCUT2D eigenvalue weighted by Crippen LogP contribution is -2.15. The molecule has 0 bridgehead atoms. The molecule has 0 saturated heterocycles. The first-order valence-corrected chi connectivity index (χ1v) is 10.1. The van der Waals surface area contributed by atoms with Gasteiger partial charge in [0.25, 0.3) is 0 Å². The number of aromatic amines is 1. The highest BCUT2D eigenvalue weighted by Gasteiger charge is 2.09. The van der Waals surface area contributed by atoms with Crippen molar-refractivity contribution in [3.8, 4) is 11.5 Å². The highest BCUT2D eigenvalue weighted by atomic mass is 15.1. The molecule has 3 rings (SSSR count). The summed E-state index contributed by atoms with van der Waals surface area (Å²) in [7, 11) is 1.72. The van der Waals surface area contributed by atoms with E-state index in [1.807, 2.05) is 54.9 Å². The molecule has 2 N–H and O–H groups in total. The summed E-state index contributed by atoms with van der Waals surface area (Å²) in [4.78, 5) is 25.3. The van der Waals surface area contributed by atoms with Crippen molar-refractivity contribution in [3.05, 3.63) is 78.1 Å². The van der Waals surface area contributed by atoms with E-state index < -0.39 is 0 Å². The fourth-order valence-electron chi connectivity index (χ4n) is 2.91. The molecule has 3 heterocycles. The first-order valence-electron chi connectivity index (χ1n) is 10.1. The number of aliphatic imine (C=N–C) groups is 2. The minimum atomic E-state index is 0.571. The molecular weight excluding hydrogens is 374 g/mol. The van der Waals surface area contributed by atoms with E-state index in [0.29, 0.717) is 5.96 Å². The molecule has 7 nitrogen and oxygen atoms in total. The van der Waals surface area contributed by atoms with Gasteiger partial charge < -0.3 is 10.3 Å². The fourth-order valence-corrected chi connectivity index (χ4v) is 2.91. The Morgan fingerprint density at radius 2 is 1.97 bits per heavy atom. The summed E-state index contributed by atoms with van der Waals surface area (Å²) < 4.78 is 0. The van der Waals surface area contributed by atoms with Gasteiger partial charge in [0.05, 0.1) is 5.69 Å². The van der Waals surface area contributed by atoms with Crippen LogP contribution in [0.3, 0.4) is 0 Å². The highest BCUT2D eigenvalue weighted by molar-refractivity contribution is 5.88. The van der Waals surface area contributed by atoms with Crippen LogP contribution in [0.15, 0.2) is 71.1 Å². The summed E-state index contributed by atoms with van der Waals surface area (Å²) in [5.74, 6) is 1.37. The van der Waals surface area contributed by atoms with Gasteiger partial charge >= 0.3 is 0 Å². The van der Waals surface area contributed by atoms with Crippen molar-refractivity contribution in [2.24, 2.45) is 9.98 Å². The number of nitrogens with zero attached hydrogens (tertiary/aromatic N) is 5. The number of hydrogen-bond acceptors (Lipinski definition) is 4. The second kappa shape index (κ2) is 11.4. The van der Waals surface area contributed by atoms with Crippen molar-refractivity contribution in [2.75, 3.05) is 7.05 Å². The summed E-state index contributed by atoms with van der Waals surface area (Å²) in [6.45, 7) is 2.10. The highest BCUT2D eigenvalue weighted by Crippen LogP contribution is 2.17. The molecule has 3 aromatic rings. The minimum Gasteiger partial charge on any atom is -0.340 e. The molecule has 0 aliphatic carbocycles. The lowest BCUT2D eigenvalue weighted by Gasteiger charge is -2.00. The number of rotatable bonds is 8. The number of aromatic nitrogens is 4. The fraction of sp³-hybridized carbons (Fsp3) is 0.261. The summed E-state index contributed by atoms with van der Waals surface area (Å²) in [6, 6.07) is 11.7. The van der Waals surface area contributed by atoms with Gasteiger partial charge in [0.1, 0.15) is 5.69 Å². The maximum absolute atomic E-state index is 4.68. The Morgan fingerprint density at radius 1 is 1.13 bits per heavy atom. The van der Waals surface area contributed by atoms with E-state index in [9.17, 15) is 0 Å². The number of nitrogens with one attached hydrogen (secondary N) is 2. The van der Waals surface area contributed by atoms with Gasteiger partial charge in [0.2, 0.25) is 5.96 Å². The molecule has 0 unspecified atom stereocenters. The van der Waals surface area contributed by atoms with E-state index in [0.717, 1.165) is 54.3 Å². The van der Waals surface area contributed by atoms with Crippen molar-refractivity contribution in [3.63, 3.8) is 0 Å². The van der Waals surface area contributed by atoms with Crippen molar-refractivity contribution in [1.29, 1.82) is 0 Å². The Labute approximate surface area is 177 Å². The van der Waals surface area contributed by atoms with Gasteiger partial charge in [-0.25, -0.2) is 9.98 Å². The second-order valence-corrected chi connectivity index (χ2v) is 6.55. The van der Waals surface area contributed by atoms with Gasteiger partial charge in [0, 0.05) is 49.7 Å². The number of aryl methyl sites for hydroxylation is 2. The summed E-state index contributed by atoms with van der Waals surface area (Å²) in [5.41, 5.74) is 4.05. The Balaban J connectivity index is 1.51. The first kappa shape index (κ1) is 21.1. The molecule has 154 valence electrons. The summed E-state index contributed by atoms with van der Waals surface area (Å²) in [5, 5.41) is 3.12. The average Bonchev–Trinajstić information content (AvgIpc) is 3.22. The van der Waals surface area contributed by atoms with Gasteiger partial charge in [-0.05, 0) is 43.5 Å². The second-order valence-electron chi connectivity index (χ2n) is 6.55. The van der Waals surface area contributed by atoms with Crippen molar-refractivity contribution < 1.29 is 0 Å². The first-order chi connectivity index (χ1) is 14.8. The van der Waals surface area contributed by atoms with E-state index in [2.05, 4.69) is 42.2 Å². The van der Waals surface area contributed by atoms with Crippen molar-refractivity contribution >= 4 is 12.2 Å². The molecule has 0 aromatic carbocycles. The topological polar surface area (TPSA) is 91.2 Å². The summed E-state index contributed by atoms with van der Waals surface area (Å²) in [6.07, 6.45) is 12.6. The molecular formula is C23H27N7. The zero-order valence-corrected chi connectivity index (χ0v) is 17.4. The van der Waals surface area contributed by atoms with Gasteiger partial charge in [-0.1, -0.05) is 25.1 Å². The van der Waals surface area contributed by atoms with Crippen LogP contribution < -0.4 is 5.32 Å². The Hall–Kier alpha value is -3.61. The zero-order valence-electron chi connectivity index (χ0n) is 17.4. The number of allylic oxidation sites excluding steroid dienone is 1. The van der Waals surface area contributed by atoms with Crippen LogP contribution in [0.25, 0.3) is 11.5 Å². The molecule has 0 amide bonds. The Bertz CT molecular complexity index is 989. The molecule has 0 aliphatic rings. The predicted molar refractivity (Wildman–Crippen MR) is 122 cm³/mol. The monoisotopic (exact) mass is 401 g/mol. The molecule has 0 saturated carbocycles. The maximum Gasteiger partial charge on any atom is 0.221 e. The van der Waals surface area contributed by atoms with Crippen LogP contribution in [0.4, 0.5) is 0 Å². The third-order valence-corrected chi connectivity index (χ3v) is 4.44. The van der Waals surface area contributed by atoms with E-state index in [4.69, 9.17) is 0 Å². The van der Waals surface area contributed by atoms with Crippen LogP contribution in [0, 0.1) is 0 Å². The zero-order chi connectivity index (χ0) is 21.0. The molecule has 7 heteroatoms. The largest absolute Gasteiger partial charge is 0.340 e. The third kappa shape index (κ3) is 6.20. The third-order valence-electron chi connectivity index (χ3n) is 4.44. The average molecular weight is 402 g/mol. The van der Waals surface area contributed by atoms with Crippen LogP contribution in [0.1, 0.15) is 30.4 Å². The van der Waals surface area contributed by atoms with Gasteiger partial charge in [0.15, 0.2) is 5.82 Å². The SMILES string of the molecule is CCc1nc(-c2ccccn2)[nH]c1C/C=C/NC(N=CCCc1ccccn1)=NC. The molecule has 0 spiro atoms. The summed E-state index contributed by atoms with van der Waals surface area (Å²) >= 11 is 0. The van der Waals surface area contributed by atoms with E-state index in [1.54, 1.807) is 19.4 Å².